The minimum Gasteiger partial charge on any atom is -0.392 e. The Morgan fingerprint density at radius 3 is 2.93 bits per heavy atom. The molecule has 0 amide bonds. The molecule has 1 aliphatic heterocycles. The second-order valence-corrected chi connectivity index (χ2v) is 5.04. The van der Waals surface area contributed by atoms with Crippen molar-refractivity contribution in [1.29, 1.82) is 0 Å². The fourth-order valence-corrected chi connectivity index (χ4v) is 3.20. The minimum atomic E-state index is -0.129. The third-order valence-corrected chi connectivity index (χ3v) is 3.98. The molecular formula is C10H16N2OS. The summed E-state index contributed by atoms with van der Waals surface area (Å²) < 4.78 is 1.92. The van der Waals surface area contributed by atoms with Gasteiger partial charge in [0.05, 0.1) is 11.8 Å². The van der Waals surface area contributed by atoms with Crippen molar-refractivity contribution in [2.24, 2.45) is 13.0 Å². The van der Waals surface area contributed by atoms with E-state index in [4.69, 9.17) is 0 Å². The molecule has 0 aliphatic carbocycles. The number of rotatable bonds is 2. The summed E-state index contributed by atoms with van der Waals surface area (Å²) in [5, 5.41) is 14.0. The Kier molecular flexibility index (Phi) is 2.83. The molecule has 1 N–H and O–H groups in total. The molecule has 1 aliphatic rings. The van der Waals surface area contributed by atoms with E-state index in [1.807, 2.05) is 30.4 Å². The van der Waals surface area contributed by atoms with Crippen LogP contribution in [0.1, 0.15) is 11.4 Å². The Balaban J connectivity index is 2.06. The Bertz CT molecular complexity index is 324. The lowest BCUT2D eigenvalue weighted by molar-refractivity contribution is 0.148. The number of aromatic nitrogens is 2. The number of hydrogen-bond donors (Lipinski definition) is 1. The Labute approximate surface area is 88.5 Å². The summed E-state index contributed by atoms with van der Waals surface area (Å²) in [6, 6.07) is 2.11. The van der Waals surface area contributed by atoms with Crippen LogP contribution in [0, 0.1) is 12.8 Å². The van der Waals surface area contributed by atoms with Crippen LogP contribution in [-0.4, -0.2) is 32.5 Å². The van der Waals surface area contributed by atoms with Crippen LogP contribution in [0.4, 0.5) is 0 Å². The van der Waals surface area contributed by atoms with Gasteiger partial charge in [-0.3, -0.25) is 4.68 Å². The lowest BCUT2D eigenvalue weighted by Crippen LogP contribution is -2.21. The smallest absolute Gasteiger partial charge is 0.0670 e. The van der Waals surface area contributed by atoms with Crippen molar-refractivity contribution >= 4 is 11.8 Å². The molecule has 1 aromatic heterocycles. The van der Waals surface area contributed by atoms with Crippen LogP contribution in [0.25, 0.3) is 0 Å². The SMILES string of the molecule is Cc1cc(CC2CSCC2O)n(C)n1. The number of aryl methyl sites for hydroxylation is 2. The van der Waals surface area contributed by atoms with Gasteiger partial charge >= 0.3 is 0 Å². The molecule has 1 fully saturated rings. The number of nitrogens with zero attached hydrogens (tertiary/aromatic N) is 2. The molecule has 0 aromatic carbocycles. The van der Waals surface area contributed by atoms with E-state index in [0.29, 0.717) is 5.92 Å². The van der Waals surface area contributed by atoms with Crippen molar-refractivity contribution in [3.05, 3.63) is 17.5 Å². The maximum absolute atomic E-state index is 9.70. The molecule has 2 atom stereocenters. The molecule has 3 nitrogen and oxygen atoms in total. The average molecular weight is 212 g/mol. The lowest BCUT2D eigenvalue weighted by Gasteiger charge is -2.12. The first-order valence-electron chi connectivity index (χ1n) is 4.92. The highest BCUT2D eigenvalue weighted by Gasteiger charge is 2.26. The lowest BCUT2D eigenvalue weighted by atomic mass is 10.0. The van der Waals surface area contributed by atoms with Crippen LogP contribution in [0.3, 0.4) is 0 Å². The normalized spacial score (nSPS) is 27.1. The summed E-state index contributed by atoms with van der Waals surface area (Å²) in [4.78, 5) is 0. The van der Waals surface area contributed by atoms with Crippen molar-refractivity contribution < 1.29 is 5.11 Å². The van der Waals surface area contributed by atoms with Gasteiger partial charge in [0, 0.05) is 24.4 Å². The molecule has 1 saturated heterocycles. The molecule has 2 heterocycles. The molecule has 0 radical (unpaired) electrons. The zero-order valence-corrected chi connectivity index (χ0v) is 9.42. The summed E-state index contributed by atoms with van der Waals surface area (Å²) >= 11 is 1.84. The fraction of sp³-hybridized carbons (Fsp3) is 0.700. The zero-order valence-electron chi connectivity index (χ0n) is 8.60. The quantitative estimate of drug-likeness (QED) is 0.794. The van der Waals surface area contributed by atoms with Crippen molar-refractivity contribution in [2.45, 2.75) is 19.4 Å². The number of hydrogen-bond acceptors (Lipinski definition) is 3. The van der Waals surface area contributed by atoms with E-state index in [2.05, 4.69) is 11.2 Å². The van der Waals surface area contributed by atoms with Crippen molar-refractivity contribution in [2.75, 3.05) is 11.5 Å². The molecule has 2 rings (SSSR count). The third-order valence-electron chi connectivity index (χ3n) is 2.73. The highest BCUT2D eigenvalue weighted by atomic mass is 32.2. The Hall–Kier alpha value is -0.480. The van der Waals surface area contributed by atoms with Crippen LogP contribution >= 0.6 is 11.8 Å². The molecule has 2 unspecified atom stereocenters. The Morgan fingerprint density at radius 2 is 2.43 bits per heavy atom. The van der Waals surface area contributed by atoms with Crippen molar-refractivity contribution in [1.82, 2.24) is 9.78 Å². The summed E-state index contributed by atoms with van der Waals surface area (Å²) in [6.07, 6.45) is 0.820. The largest absolute Gasteiger partial charge is 0.392 e. The van der Waals surface area contributed by atoms with Gasteiger partial charge < -0.3 is 5.11 Å². The molecule has 78 valence electrons. The zero-order chi connectivity index (χ0) is 10.1. The first kappa shape index (κ1) is 10.1. The second kappa shape index (κ2) is 3.95. The molecule has 0 saturated carbocycles. The van der Waals surface area contributed by atoms with E-state index in [-0.39, 0.29) is 6.10 Å². The molecule has 1 aromatic rings. The minimum absolute atomic E-state index is 0.129. The van der Waals surface area contributed by atoms with Gasteiger partial charge in [-0.05, 0) is 25.2 Å². The van der Waals surface area contributed by atoms with Gasteiger partial charge in [-0.25, -0.2) is 0 Å². The highest BCUT2D eigenvalue weighted by Crippen LogP contribution is 2.27. The van der Waals surface area contributed by atoms with E-state index >= 15 is 0 Å². The van der Waals surface area contributed by atoms with E-state index in [1.165, 1.54) is 5.69 Å². The van der Waals surface area contributed by atoms with Gasteiger partial charge in [-0.1, -0.05) is 0 Å². The number of thioether (sulfide) groups is 1. The van der Waals surface area contributed by atoms with Gasteiger partial charge in [0.1, 0.15) is 0 Å². The third kappa shape index (κ3) is 1.96. The van der Waals surface area contributed by atoms with Crippen LogP contribution in [0.2, 0.25) is 0 Å². The van der Waals surface area contributed by atoms with Gasteiger partial charge in [0.2, 0.25) is 0 Å². The van der Waals surface area contributed by atoms with Crippen LogP contribution < -0.4 is 0 Å². The summed E-state index contributed by atoms with van der Waals surface area (Å²) in [5.74, 6) is 2.38. The summed E-state index contributed by atoms with van der Waals surface area (Å²) in [6.45, 7) is 2.00. The monoisotopic (exact) mass is 212 g/mol. The van der Waals surface area contributed by atoms with Gasteiger partial charge in [0.15, 0.2) is 0 Å². The highest BCUT2D eigenvalue weighted by molar-refractivity contribution is 7.99. The van der Waals surface area contributed by atoms with Crippen molar-refractivity contribution in [3.63, 3.8) is 0 Å². The standard InChI is InChI=1S/C10H16N2OS/c1-7-3-9(12(2)11-7)4-8-5-14-6-10(8)13/h3,8,10,13H,4-6H2,1-2H3. The van der Waals surface area contributed by atoms with E-state index < -0.39 is 0 Å². The topological polar surface area (TPSA) is 38.0 Å². The van der Waals surface area contributed by atoms with Gasteiger partial charge in [-0.15, -0.1) is 0 Å². The molecule has 0 bridgehead atoms. The van der Waals surface area contributed by atoms with E-state index in [1.54, 1.807) is 0 Å². The maximum Gasteiger partial charge on any atom is 0.0670 e. The van der Waals surface area contributed by atoms with Crippen LogP contribution in [-0.2, 0) is 13.5 Å². The van der Waals surface area contributed by atoms with Crippen LogP contribution in [0.5, 0.6) is 0 Å². The van der Waals surface area contributed by atoms with E-state index in [9.17, 15) is 5.11 Å². The Morgan fingerprint density at radius 1 is 1.64 bits per heavy atom. The molecule has 14 heavy (non-hydrogen) atoms. The predicted octanol–water partition coefficient (Wildman–Crippen LogP) is 0.995. The molecule has 0 spiro atoms. The van der Waals surface area contributed by atoms with Crippen LogP contribution in [0.15, 0.2) is 6.07 Å². The summed E-state index contributed by atoms with van der Waals surface area (Å²) in [7, 11) is 1.97. The number of aliphatic hydroxyl groups is 1. The predicted molar refractivity (Wildman–Crippen MR) is 58.5 cm³/mol. The summed E-state index contributed by atoms with van der Waals surface area (Å²) in [5.41, 5.74) is 2.29. The second-order valence-electron chi connectivity index (χ2n) is 3.97. The first-order chi connectivity index (χ1) is 6.66. The molecule has 4 heteroatoms. The maximum atomic E-state index is 9.70. The fourth-order valence-electron chi connectivity index (χ4n) is 1.91. The average Bonchev–Trinajstić information content (AvgIpc) is 2.62. The van der Waals surface area contributed by atoms with Crippen molar-refractivity contribution in [3.8, 4) is 0 Å². The van der Waals surface area contributed by atoms with Gasteiger partial charge in [-0.2, -0.15) is 16.9 Å². The van der Waals surface area contributed by atoms with E-state index in [0.717, 1.165) is 23.6 Å². The first-order valence-corrected chi connectivity index (χ1v) is 6.07. The number of aliphatic hydroxyl groups excluding tert-OH is 1. The van der Waals surface area contributed by atoms with Gasteiger partial charge in [0.25, 0.3) is 0 Å². The molecular weight excluding hydrogens is 196 g/mol.